The summed E-state index contributed by atoms with van der Waals surface area (Å²) in [7, 11) is 5.02. The van der Waals surface area contributed by atoms with Crippen molar-refractivity contribution in [2.45, 2.75) is 6.92 Å². The van der Waals surface area contributed by atoms with Gasteiger partial charge in [0.2, 0.25) is 0 Å². The SMILES string of the molecule is COc1ccc([Si](OC)(OC)OC)c(OC)c1C. The summed E-state index contributed by atoms with van der Waals surface area (Å²) in [5.41, 5.74) is 0.889. The first-order chi connectivity index (χ1) is 8.60. The van der Waals surface area contributed by atoms with Gasteiger partial charge < -0.3 is 22.8 Å². The van der Waals surface area contributed by atoms with Gasteiger partial charge in [-0.3, -0.25) is 0 Å². The second-order valence-electron chi connectivity index (χ2n) is 3.64. The Balaban J connectivity index is 3.44. The van der Waals surface area contributed by atoms with E-state index in [9.17, 15) is 0 Å². The number of hydrogen-bond acceptors (Lipinski definition) is 5. The number of benzene rings is 1. The highest BCUT2D eigenvalue weighted by Crippen LogP contribution is 2.28. The molecule has 0 bridgehead atoms. The van der Waals surface area contributed by atoms with Crippen molar-refractivity contribution in [1.82, 2.24) is 0 Å². The van der Waals surface area contributed by atoms with Crippen LogP contribution in [0.4, 0.5) is 0 Å². The minimum Gasteiger partial charge on any atom is -0.496 e. The average Bonchev–Trinajstić information content (AvgIpc) is 2.41. The normalized spacial score (nSPS) is 11.4. The molecule has 0 spiro atoms. The second kappa shape index (κ2) is 6.19. The summed E-state index contributed by atoms with van der Waals surface area (Å²) in [4.78, 5) is 0. The summed E-state index contributed by atoms with van der Waals surface area (Å²) in [6.45, 7) is 1.92. The fourth-order valence-electron chi connectivity index (χ4n) is 1.98. The Bertz CT molecular complexity index is 395. The zero-order valence-electron chi connectivity index (χ0n) is 11.7. The third-order valence-electron chi connectivity index (χ3n) is 2.92. The molecule has 0 aliphatic heterocycles. The van der Waals surface area contributed by atoms with Gasteiger partial charge >= 0.3 is 8.80 Å². The maximum atomic E-state index is 5.47. The number of ether oxygens (including phenoxy) is 2. The fraction of sp³-hybridized carbons (Fsp3) is 0.500. The maximum absolute atomic E-state index is 5.47. The summed E-state index contributed by atoms with van der Waals surface area (Å²) in [5.74, 6) is 1.42. The zero-order valence-corrected chi connectivity index (χ0v) is 12.7. The molecule has 0 amide bonds. The summed E-state index contributed by atoms with van der Waals surface area (Å²) in [6.07, 6.45) is 0. The Morgan fingerprint density at radius 2 is 1.39 bits per heavy atom. The molecule has 1 aromatic carbocycles. The van der Waals surface area contributed by atoms with Crippen LogP contribution in [-0.4, -0.2) is 44.4 Å². The molecule has 0 radical (unpaired) electrons. The predicted octanol–water partition coefficient (Wildman–Crippen LogP) is 1.10. The quantitative estimate of drug-likeness (QED) is 0.726. The van der Waals surface area contributed by atoms with E-state index in [4.69, 9.17) is 22.8 Å². The number of rotatable bonds is 6. The van der Waals surface area contributed by atoms with Crippen molar-refractivity contribution in [2.24, 2.45) is 0 Å². The van der Waals surface area contributed by atoms with Gasteiger partial charge in [-0.15, -0.1) is 0 Å². The Kier molecular flexibility index (Phi) is 5.15. The highest BCUT2D eigenvalue weighted by Gasteiger charge is 2.44. The summed E-state index contributed by atoms with van der Waals surface area (Å²) >= 11 is 0. The van der Waals surface area contributed by atoms with Gasteiger partial charge in [0.1, 0.15) is 11.5 Å². The highest BCUT2D eigenvalue weighted by atomic mass is 28.4. The topological polar surface area (TPSA) is 46.2 Å². The first kappa shape index (κ1) is 15.0. The van der Waals surface area contributed by atoms with Gasteiger partial charge in [-0.25, -0.2) is 0 Å². The van der Waals surface area contributed by atoms with Crippen LogP contribution >= 0.6 is 0 Å². The molecule has 0 fully saturated rings. The first-order valence-corrected chi connectivity index (χ1v) is 7.20. The van der Waals surface area contributed by atoms with E-state index in [2.05, 4.69) is 0 Å². The Labute approximate surface area is 109 Å². The monoisotopic (exact) mass is 272 g/mol. The van der Waals surface area contributed by atoms with E-state index in [0.29, 0.717) is 5.75 Å². The largest absolute Gasteiger partial charge is 0.540 e. The summed E-state index contributed by atoms with van der Waals surface area (Å²) < 4.78 is 27.1. The van der Waals surface area contributed by atoms with E-state index in [0.717, 1.165) is 16.5 Å². The van der Waals surface area contributed by atoms with E-state index in [1.54, 1.807) is 35.5 Å². The van der Waals surface area contributed by atoms with Gasteiger partial charge in [0.05, 0.1) is 19.4 Å². The second-order valence-corrected chi connectivity index (χ2v) is 6.52. The molecule has 0 unspecified atom stereocenters. The molecule has 102 valence electrons. The Hall–Kier alpha value is -1.08. The molecule has 1 rings (SSSR count). The lowest BCUT2D eigenvalue weighted by Gasteiger charge is -2.27. The molecule has 0 saturated heterocycles. The van der Waals surface area contributed by atoms with Crippen LogP contribution in [-0.2, 0) is 13.3 Å². The molecule has 1 aromatic rings. The van der Waals surface area contributed by atoms with E-state index in [-0.39, 0.29) is 0 Å². The highest BCUT2D eigenvalue weighted by molar-refractivity contribution is 6.76. The van der Waals surface area contributed by atoms with E-state index in [1.165, 1.54) is 0 Å². The molecule has 0 atom stereocenters. The van der Waals surface area contributed by atoms with Gasteiger partial charge in [-0.05, 0) is 19.1 Å². The lowest BCUT2D eigenvalue weighted by Crippen LogP contribution is -2.55. The van der Waals surface area contributed by atoms with Crippen LogP contribution in [0, 0.1) is 6.92 Å². The lowest BCUT2D eigenvalue weighted by molar-refractivity contribution is 0.139. The molecular formula is C12H20O5Si. The smallest absolute Gasteiger partial charge is 0.496 e. The van der Waals surface area contributed by atoms with E-state index in [1.807, 2.05) is 19.1 Å². The van der Waals surface area contributed by atoms with Crippen LogP contribution in [0.15, 0.2) is 12.1 Å². The third kappa shape index (κ3) is 2.37. The average molecular weight is 272 g/mol. The molecular weight excluding hydrogens is 252 g/mol. The Morgan fingerprint density at radius 3 is 1.78 bits per heavy atom. The molecule has 0 aliphatic carbocycles. The van der Waals surface area contributed by atoms with Crippen LogP contribution in [0.1, 0.15) is 5.56 Å². The van der Waals surface area contributed by atoms with Crippen molar-refractivity contribution in [3.63, 3.8) is 0 Å². The summed E-state index contributed by atoms with van der Waals surface area (Å²) in [6, 6.07) is 3.71. The molecule has 0 N–H and O–H groups in total. The molecule has 6 heteroatoms. The lowest BCUT2D eigenvalue weighted by atomic mass is 10.2. The van der Waals surface area contributed by atoms with Crippen molar-refractivity contribution in [3.8, 4) is 11.5 Å². The third-order valence-corrected chi connectivity index (χ3v) is 5.58. The van der Waals surface area contributed by atoms with Crippen LogP contribution in [0.2, 0.25) is 0 Å². The zero-order chi connectivity index (χ0) is 13.8. The molecule has 5 nitrogen and oxygen atoms in total. The van der Waals surface area contributed by atoms with Gasteiger partial charge in [-0.1, -0.05) is 0 Å². The summed E-state index contributed by atoms with van der Waals surface area (Å²) in [5, 5.41) is 0.788. The van der Waals surface area contributed by atoms with Crippen LogP contribution in [0.25, 0.3) is 0 Å². The van der Waals surface area contributed by atoms with Crippen molar-refractivity contribution < 1.29 is 22.8 Å². The minimum absolute atomic E-state index is 0.673. The number of hydrogen-bond donors (Lipinski definition) is 0. The van der Waals surface area contributed by atoms with Gasteiger partial charge in [0.25, 0.3) is 0 Å². The van der Waals surface area contributed by atoms with E-state index >= 15 is 0 Å². The van der Waals surface area contributed by atoms with E-state index < -0.39 is 8.80 Å². The molecule has 18 heavy (non-hydrogen) atoms. The van der Waals surface area contributed by atoms with Gasteiger partial charge in [-0.2, -0.15) is 0 Å². The van der Waals surface area contributed by atoms with Gasteiger partial charge in [0, 0.05) is 26.9 Å². The van der Waals surface area contributed by atoms with Crippen LogP contribution < -0.4 is 14.7 Å². The van der Waals surface area contributed by atoms with Crippen molar-refractivity contribution in [1.29, 1.82) is 0 Å². The molecule has 0 saturated carbocycles. The first-order valence-electron chi connectivity index (χ1n) is 5.47. The van der Waals surface area contributed by atoms with Crippen LogP contribution in [0.5, 0.6) is 11.5 Å². The predicted molar refractivity (Wildman–Crippen MR) is 70.7 cm³/mol. The minimum atomic E-state index is -2.91. The van der Waals surface area contributed by atoms with Crippen LogP contribution in [0.3, 0.4) is 0 Å². The molecule has 0 aliphatic rings. The van der Waals surface area contributed by atoms with Gasteiger partial charge in [0.15, 0.2) is 0 Å². The van der Waals surface area contributed by atoms with Crippen molar-refractivity contribution in [2.75, 3.05) is 35.5 Å². The molecule has 0 aromatic heterocycles. The van der Waals surface area contributed by atoms with Crippen molar-refractivity contribution >= 4 is 14.0 Å². The maximum Gasteiger partial charge on any atom is 0.540 e. The van der Waals surface area contributed by atoms with Crippen molar-refractivity contribution in [3.05, 3.63) is 17.7 Å². The Morgan fingerprint density at radius 1 is 0.833 bits per heavy atom. The standard InChI is InChI=1S/C12H20O5Si/c1-9-10(13-2)7-8-11(12(9)14-3)18(15-4,16-5)17-6/h7-8H,1-6H3. The fourth-order valence-corrected chi connectivity index (χ4v) is 3.99. The molecule has 0 heterocycles. The number of methoxy groups -OCH3 is 2.